The van der Waals surface area contributed by atoms with Gasteiger partial charge >= 0.3 is 0 Å². The van der Waals surface area contributed by atoms with E-state index in [2.05, 4.69) is 26.1 Å². The average Bonchev–Trinajstić information content (AvgIpc) is 2.51. The van der Waals surface area contributed by atoms with Gasteiger partial charge in [0.2, 0.25) is 0 Å². The molecular formula is C12H25N. The molecule has 1 unspecified atom stereocenters. The highest BCUT2D eigenvalue weighted by Crippen LogP contribution is 2.36. The molecule has 1 aliphatic rings. The third kappa shape index (κ3) is 3.68. The molecular weight excluding hydrogens is 158 g/mol. The lowest BCUT2D eigenvalue weighted by atomic mass is 9.88. The molecule has 0 saturated heterocycles. The normalized spacial score (nSPS) is 23.3. The fourth-order valence-corrected chi connectivity index (χ4v) is 2.36. The first kappa shape index (κ1) is 11.0. The van der Waals surface area contributed by atoms with Crippen LogP contribution < -0.4 is 5.32 Å². The molecule has 0 radical (unpaired) electrons. The lowest BCUT2D eigenvalue weighted by Crippen LogP contribution is -2.35. The molecule has 1 nitrogen and oxygen atoms in total. The zero-order valence-corrected chi connectivity index (χ0v) is 9.53. The molecule has 0 aromatic rings. The summed E-state index contributed by atoms with van der Waals surface area (Å²) in [4.78, 5) is 0. The Hall–Kier alpha value is -0.0400. The fraction of sp³-hybridized carbons (Fsp3) is 1.00. The summed E-state index contributed by atoms with van der Waals surface area (Å²) >= 11 is 0. The van der Waals surface area contributed by atoms with Crippen LogP contribution in [0.3, 0.4) is 0 Å². The predicted molar refractivity (Wildman–Crippen MR) is 58.9 cm³/mol. The van der Waals surface area contributed by atoms with Crippen LogP contribution in [0.4, 0.5) is 0 Å². The zero-order valence-electron chi connectivity index (χ0n) is 9.53. The Kier molecular flexibility index (Phi) is 4.24. The standard InChI is InChI=1S/C12H25N/c1-4-7-11(2)13-10-12(3)8-5-6-9-12/h11,13H,4-10H2,1-3H3. The Morgan fingerprint density at radius 2 is 1.92 bits per heavy atom. The van der Waals surface area contributed by atoms with Gasteiger partial charge in [0.15, 0.2) is 0 Å². The maximum Gasteiger partial charge on any atom is 0.00388 e. The molecule has 1 rings (SSSR count). The Bertz CT molecular complexity index is 136. The second-order valence-electron chi connectivity index (χ2n) is 5.09. The van der Waals surface area contributed by atoms with E-state index >= 15 is 0 Å². The van der Waals surface area contributed by atoms with Crippen molar-refractivity contribution >= 4 is 0 Å². The van der Waals surface area contributed by atoms with Gasteiger partial charge in [-0.05, 0) is 31.6 Å². The van der Waals surface area contributed by atoms with Gasteiger partial charge in [-0.1, -0.05) is 33.1 Å². The molecule has 1 atom stereocenters. The van der Waals surface area contributed by atoms with Crippen LogP contribution in [0.15, 0.2) is 0 Å². The highest BCUT2D eigenvalue weighted by Gasteiger charge is 2.28. The first-order chi connectivity index (χ1) is 6.16. The quantitative estimate of drug-likeness (QED) is 0.689. The molecule has 0 heterocycles. The van der Waals surface area contributed by atoms with Gasteiger partial charge in [0, 0.05) is 12.6 Å². The molecule has 0 bridgehead atoms. The minimum Gasteiger partial charge on any atom is -0.314 e. The van der Waals surface area contributed by atoms with Gasteiger partial charge in [0.25, 0.3) is 0 Å². The van der Waals surface area contributed by atoms with Crippen LogP contribution in [0.2, 0.25) is 0 Å². The van der Waals surface area contributed by atoms with E-state index in [9.17, 15) is 0 Å². The third-order valence-corrected chi connectivity index (χ3v) is 3.41. The topological polar surface area (TPSA) is 12.0 Å². The highest BCUT2D eigenvalue weighted by atomic mass is 14.9. The number of hydrogen-bond donors (Lipinski definition) is 1. The van der Waals surface area contributed by atoms with E-state index in [1.807, 2.05) is 0 Å². The predicted octanol–water partition coefficient (Wildman–Crippen LogP) is 3.34. The minimum absolute atomic E-state index is 0.613. The SMILES string of the molecule is CCCC(C)NCC1(C)CCCC1. The average molecular weight is 183 g/mol. The van der Waals surface area contributed by atoms with Crippen molar-refractivity contribution in [2.24, 2.45) is 5.41 Å². The summed E-state index contributed by atoms with van der Waals surface area (Å²) in [6, 6.07) is 0.711. The van der Waals surface area contributed by atoms with Crippen LogP contribution in [0, 0.1) is 5.41 Å². The van der Waals surface area contributed by atoms with Crippen LogP contribution in [0.1, 0.15) is 59.3 Å². The van der Waals surface area contributed by atoms with Crippen molar-refractivity contribution in [2.45, 2.75) is 65.3 Å². The molecule has 1 aliphatic carbocycles. The molecule has 78 valence electrons. The number of hydrogen-bond acceptors (Lipinski definition) is 1. The van der Waals surface area contributed by atoms with Gasteiger partial charge < -0.3 is 5.32 Å². The molecule has 1 fully saturated rings. The molecule has 0 aliphatic heterocycles. The van der Waals surface area contributed by atoms with Crippen LogP contribution in [0.25, 0.3) is 0 Å². The summed E-state index contributed by atoms with van der Waals surface area (Å²) in [5.41, 5.74) is 0.613. The van der Waals surface area contributed by atoms with E-state index in [1.54, 1.807) is 0 Å². The first-order valence-corrected chi connectivity index (χ1v) is 5.90. The molecule has 0 amide bonds. The Labute approximate surface area is 83.3 Å². The molecule has 1 saturated carbocycles. The fourth-order valence-electron chi connectivity index (χ4n) is 2.36. The molecule has 13 heavy (non-hydrogen) atoms. The van der Waals surface area contributed by atoms with Gasteiger partial charge in [-0.15, -0.1) is 0 Å². The van der Waals surface area contributed by atoms with Crippen molar-refractivity contribution in [1.29, 1.82) is 0 Å². The van der Waals surface area contributed by atoms with Crippen molar-refractivity contribution in [2.75, 3.05) is 6.54 Å². The Morgan fingerprint density at radius 3 is 2.46 bits per heavy atom. The van der Waals surface area contributed by atoms with Crippen molar-refractivity contribution in [3.05, 3.63) is 0 Å². The van der Waals surface area contributed by atoms with E-state index in [0.717, 1.165) is 0 Å². The van der Waals surface area contributed by atoms with Crippen molar-refractivity contribution in [3.8, 4) is 0 Å². The number of rotatable bonds is 5. The lowest BCUT2D eigenvalue weighted by molar-refractivity contribution is 0.296. The smallest absolute Gasteiger partial charge is 0.00388 e. The summed E-state index contributed by atoms with van der Waals surface area (Å²) < 4.78 is 0. The van der Waals surface area contributed by atoms with Gasteiger partial charge in [-0.3, -0.25) is 0 Å². The molecule has 1 N–H and O–H groups in total. The minimum atomic E-state index is 0.613. The van der Waals surface area contributed by atoms with Gasteiger partial charge in [0.1, 0.15) is 0 Å². The maximum atomic E-state index is 3.67. The second kappa shape index (κ2) is 4.99. The third-order valence-electron chi connectivity index (χ3n) is 3.41. The summed E-state index contributed by atoms with van der Waals surface area (Å²) in [6.45, 7) is 8.23. The van der Waals surface area contributed by atoms with Crippen molar-refractivity contribution in [1.82, 2.24) is 5.32 Å². The van der Waals surface area contributed by atoms with Crippen LogP contribution in [-0.2, 0) is 0 Å². The maximum absolute atomic E-state index is 3.67. The molecule has 0 spiro atoms. The largest absolute Gasteiger partial charge is 0.314 e. The summed E-state index contributed by atoms with van der Waals surface area (Å²) in [7, 11) is 0. The van der Waals surface area contributed by atoms with E-state index < -0.39 is 0 Å². The molecule has 0 aromatic carbocycles. The van der Waals surface area contributed by atoms with Gasteiger partial charge in [-0.2, -0.15) is 0 Å². The number of nitrogens with one attached hydrogen (secondary N) is 1. The van der Waals surface area contributed by atoms with E-state index in [4.69, 9.17) is 0 Å². The van der Waals surface area contributed by atoms with Gasteiger partial charge in [0.05, 0.1) is 0 Å². The van der Waals surface area contributed by atoms with E-state index in [1.165, 1.54) is 45.1 Å². The Balaban J connectivity index is 2.17. The second-order valence-corrected chi connectivity index (χ2v) is 5.09. The molecule has 0 aromatic heterocycles. The van der Waals surface area contributed by atoms with E-state index in [-0.39, 0.29) is 0 Å². The summed E-state index contributed by atoms with van der Waals surface area (Å²) in [5.74, 6) is 0. The summed E-state index contributed by atoms with van der Waals surface area (Å²) in [6.07, 6.45) is 8.36. The Morgan fingerprint density at radius 1 is 1.31 bits per heavy atom. The summed E-state index contributed by atoms with van der Waals surface area (Å²) in [5, 5.41) is 3.67. The molecule has 1 heteroatoms. The lowest BCUT2D eigenvalue weighted by Gasteiger charge is -2.26. The zero-order chi connectivity index (χ0) is 9.73. The highest BCUT2D eigenvalue weighted by molar-refractivity contribution is 4.83. The van der Waals surface area contributed by atoms with E-state index in [0.29, 0.717) is 11.5 Å². The van der Waals surface area contributed by atoms with Crippen molar-refractivity contribution in [3.63, 3.8) is 0 Å². The van der Waals surface area contributed by atoms with Crippen LogP contribution in [-0.4, -0.2) is 12.6 Å². The van der Waals surface area contributed by atoms with Crippen LogP contribution >= 0.6 is 0 Å². The van der Waals surface area contributed by atoms with Crippen LogP contribution in [0.5, 0.6) is 0 Å². The van der Waals surface area contributed by atoms with Crippen molar-refractivity contribution < 1.29 is 0 Å². The monoisotopic (exact) mass is 183 g/mol. The first-order valence-electron chi connectivity index (χ1n) is 5.90. The van der Waals surface area contributed by atoms with Gasteiger partial charge in [-0.25, -0.2) is 0 Å².